The highest BCUT2D eigenvalue weighted by atomic mass is 16.5. The molecule has 0 saturated carbocycles. The zero-order chi connectivity index (χ0) is 17.4. The number of aliphatic imine (C=N–C) groups is 1. The quantitative estimate of drug-likeness (QED) is 0.671. The van der Waals surface area contributed by atoms with Crippen LogP contribution in [-0.4, -0.2) is 22.8 Å². The molecule has 3 aromatic rings. The molecule has 0 fully saturated rings. The third-order valence-corrected chi connectivity index (χ3v) is 5.12. The summed E-state index contributed by atoms with van der Waals surface area (Å²) >= 11 is 0. The van der Waals surface area contributed by atoms with E-state index in [4.69, 9.17) is 9.73 Å². The van der Waals surface area contributed by atoms with E-state index in [1.165, 1.54) is 0 Å². The van der Waals surface area contributed by atoms with Gasteiger partial charge >= 0.3 is 0 Å². The summed E-state index contributed by atoms with van der Waals surface area (Å²) in [7, 11) is 0. The Morgan fingerprint density at radius 3 is 2.64 bits per heavy atom. The number of nitrogens with zero attached hydrogens (tertiary/aromatic N) is 2. The molecule has 0 aliphatic carbocycles. The Morgan fingerprint density at radius 2 is 1.80 bits per heavy atom. The molecular formula is C22H22N2O. The fourth-order valence-electron chi connectivity index (χ4n) is 3.10. The molecule has 1 atom stereocenters. The van der Waals surface area contributed by atoms with Crippen LogP contribution < -0.4 is 4.74 Å². The molecule has 0 saturated heterocycles. The maximum absolute atomic E-state index is 6.41. The smallest absolute Gasteiger partial charge is 0.129 e. The van der Waals surface area contributed by atoms with Crippen molar-refractivity contribution in [3.8, 4) is 5.75 Å². The number of aromatic nitrogens is 1. The predicted molar refractivity (Wildman–Crippen MR) is 103 cm³/mol. The molecule has 4 rings (SSSR count). The number of pyridine rings is 1. The van der Waals surface area contributed by atoms with Crippen molar-refractivity contribution >= 4 is 16.6 Å². The summed E-state index contributed by atoms with van der Waals surface area (Å²) < 4.78 is 6.41. The van der Waals surface area contributed by atoms with Crippen LogP contribution in [0.3, 0.4) is 0 Å². The lowest BCUT2D eigenvalue weighted by Gasteiger charge is -2.32. The second kappa shape index (κ2) is 5.99. The first-order valence-electron chi connectivity index (χ1n) is 8.75. The highest BCUT2D eigenvalue weighted by molar-refractivity contribution is 6.15. The van der Waals surface area contributed by atoms with Crippen LogP contribution in [0.5, 0.6) is 5.75 Å². The van der Waals surface area contributed by atoms with Crippen molar-refractivity contribution in [1.29, 1.82) is 0 Å². The molecule has 3 nitrogen and oxygen atoms in total. The Hall–Kier alpha value is -2.68. The number of fused-ring (bicyclic) bond motifs is 2. The van der Waals surface area contributed by atoms with Crippen LogP contribution in [0.4, 0.5) is 0 Å². The largest absolute Gasteiger partial charge is 0.485 e. The van der Waals surface area contributed by atoms with E-state index in [1.54, 1.807) is 0 Å². The monoisotopic (exact) mass is 330 g/mol. The number of rotatable bonds is 2. The van der Waals surface area contributed by atoms with Crippen LogP contribution in [0.1, 0.15) is 31.9 Å². The van der Waals surface area contributed by atoms with E-state index in [0.29, 0.717) is 12.5 Å². The summed E-state index contributed by atoms with van der Waals surface area (Å²) in [6, 6.07) is 18.5. The van der Waals surface area contributed by atoms with Crippen LogP contribution >= 0.6 is 0 Å². The van der Waals surface area contributed by atoms with Crippen molar-refractivity contribution < 1.29 is 4.74 Å². The normalized spacial score (nSPS) is 19.9. The van der Waals surface area contributed by atoms with E-state index in [9.17, 15) is 0 Å². The van der Waals surface area contributed by atoms with Gasteiger partial charge in [0.2, 0.25) is 0 Å². The van der Waals surface area contributed by atoms with Gasteiger partial charge in [-0.25, -0.2) is 0 Å². The number of hydrogen-bond donors (Lipinski definition) is 0. The van der Waals surface area contributed by atoms with E-state index in [0.717, 1.165) is 33.5 Å². The van der Waals surface area contributed by atoms with Gasteiger partial charge in [-0.1, -0.05) is 44.2 Å². The van der Waals surface area contributed by atoms with Gasteiger partial charge in [0, 0.05) is 22.7 Å². The molecular weight excluding hydrogens is 308 g/mol. The van der Waals surface area contributed by atoms with Gasteiger partial charge in [-0.2, -0.15) is 0 Å². The summed E-state index contributed by atoms with van der Waals surface area (Å²) in [6.45, 7) is 7.13. The molecule has 3 heteroatoms. The summed E-state index contributed by atoms with van der Waals surface area (Å²) in [4.78, 5) is 9.58. The lowest BCUT2D eigenvalue weighted by molar-refractivity contribution is 0.0515. The zero-order valence-electron chi connectivity index (χ0n) is 14.9. The zero-order valence-corrected chi connectivity index (χ0v) is 14.9. The molecule has 2 aromatic carbocycles. The molecule has 126 valence electrons. The average molecular weight is 330 g/mol. The molecule has 0 bridgehead atoms. The fourth-order valence-corrected chi connectivity index (χ4v) is 3.10. The van der Waals surface area contributed by atoms with E-state index in [-0.39, 0.29) is 5.60 Å². The molecule has 0 amide bonds. The van der Waals surface area contributed by atoms with Crippen LogP contribution in [0, 0.1) is 5.92 Å². The second-order valence-electron chi connectivity index (χ2n) is 7.15. The van der Waals surface area contributed by atoms with Crippen molar-refractivity contribution in [3.63, 3.8) is 0 Å². The Labute approximate surface area is 148 Å². The lowest BCUT2D eigenvalue weighted by atomic mass is 9.92. The van der Waals surface area contributed by atoms with E-state index >= 15 is 0 Å². The number of ether oxygens (including phenoxy) is 1. The Bertz CT molecular complexity index is 961. The molecule has 1 aliphatic heterocycles. The summed E-state index contributed by atoms with van der Waals surface area (Å²) in [6.07, 6.45) is 1.91. The van der Waals surface area contributed by atoms with Gasteiger partial charge in [0.1, 0.15) is 11.4 Å². The standard InChI is InChI=1S/C22H22N2O/c1-15(2)22(3)14-24-21(18-9-5-7-11-20(18)25-22)17-12-16-8-4-6-10-19(16)23-13-17/h4-13,15H,14H2,1-3H3. The highest BCUT2D eigenvalue weighted by Crippen LogP contribution is 2.33. The maximum Gasteiger partial charge on any atom is 0.129 e. The summed E-state index contributed by atoms with van der Waals surface area (Å²) in [5.74, 6) is 1.25. The van der Waals surface area contributed by atoms with Gasteiger partial charge in [-0.05, 0) is 37.1 Å². The van der Waals surface area contributed by atoms with Crippen LogP contribution in [0.25, 0.3) is 10.9 Å². The maximum atomic E-state index is 6.41. The fraction of sp³-hybridized carbons (Fsp3) is 0.273. The molecule has 0 N–H and O–H groups in total. The van der Waals surface area contributed by atoms with Gasteiger partial charge in [-0.15, -0.1) is 0 Å². The molecule has 1 unspecified atom stereocenters. The first-order valence-corrected chi connectivity index (χ1v) is 8.75. The van der Waals surface area contributed by atoms with Crippen molar-refractivity contribution in [1.82, 2.24) is 4.98 Å². The Kier molecular flexibility index (Phi) is 3.79. The van der Waals surface area contributed by atoms with Crippen molar-refractivity contribution in [2.45, 2.75) is 26.4 Å². The second-order valence-corrected chi connectivity index (χ2v) is 7.15. The minimum atomic E-state index is -0.317. The summed E-state index contributed by atoms with van der Waals surface area (Å²) in [5.41, 5.74) is 3.70. The van der Waals surface area contributed by atoms with Crippen molar-refractivity contribution in [3.05, 3.63) is 71.9 Å². The van der Waals surface area contributed by atoms with Crippen molar-refractivity contribution in [2.24, 2.45) is 10.9 Å². The van der Waals surface area contributed by atoms with Crippen molar-refractivity contribution in [2.75, 3.05) is 6.54 Å². The first kappa shape index (κ1) is 15.8. The van der Waals surface area contributed by atoms with Crippen LogP contribution in [-0.2, 0) is 0 Å². The minimum absolute atomic E-state index is 0.317. The topological polar surface area (TPSA) is 34.5 Å². The van der Waals surface area contributed by atoms with Gasteiger partial charge in [0.05, 0.1) is 17.8 Å². The molecule has 1 aromatic heterocycles. The highest BCUT2D eigenvalue weighted by Gasteiger charge is 2.34. The van der Waals surface area contributed by atoms with Gasteiger partial charge in [-0.3, -0.25) is 9.98 Å². The third-order valence-electron chi connectivity index (χ3n) is 5.12. The van der Waals surface area contributed by atoms with E-state index in [2.05, 4.69) is 44.0 Å². The molecule has 0 radical (unpaired) electrons. The molecule has 2 heterocycles. The van der Waals surface area contributed by atoms with E-state index < -0.39 is 0 Å². The molecule has 25 heavy (non-hydrogen) atoms. The Balaban J connectivity index is 1.88. The summed E-state index contributed by atoms with van der Waals surface area (Å²) in [5, 5.41) is 1.12. The number of benzene rings is 2. The SMILES string of the molecule is CC(C)C1(C)CN=C(c2cnc3ccccc3c2)c2ccccc2O1. The average Bonchev–Trinajstić information content (AvgIpc) is 2.78. The van der Waals surface area contributed by atoms with Gasteiger partial charge < -0.3 is 4.74 Å². The number of para-hydroxylation sites is 2. The minimum Gasteiger partial charge on any atom is -0.485 e. The Morgan fingerprint density at radius 1 is 1.04 bits per heavy atom. The molecule has 1 aliphatic rings. The first-order chi connectivity index (χ1) is 12.1. The number of hydrogen-bond acceptors (Lipinski definition) is 3. The van der Waals surface area contributed by atoms with Gasteiger partial charge in [0.15, 0.2) is 0 Å². The van der Waals surface area contributed by atoms with Crippen LogP contribution in [0.15, 0.2) is 65.8 Å². The lowest BCUT2D eigenvalue weighted by Crippen LogP contribution is -2.41. The molecule has 0 spiro atoms. The third kappa shape index (κ3) is 2.80. The van der Waals surface area contributed by atoms with E-state index in [1.807, 2.05) is 42.6 Å². The van der Waals surface area contributed by atoms with Gasteiger partial charge in [0.25, 0.3) is 0 Å². The predicted octanol–water partition coefficient (Wildman–Crippen LogP) is 4.88. The van der Waals surface area contributed by atoms with Crippen LogP contribution in [0.2, 0.25) is 0 Å².